The van der Waals surface area contributed by atoms with E-state index in [1.165, 1.54) is 13.3 Å². The highest BCUT2D eigenvalue weighted by Gasteiger charge is 2.59. The zero-order valence-electron chi connectivity index (χ0n) is 15.6. The fourth-order valence-corrected chi connectivity index (χ4v) is 5.27. The van der Waals surface area contributed by atoms with Crippen molar-refractivity contribution in [1.82, 2.24) is 0 Å². The highest BCUT2D eigenvalue weighted by Crippen LogP contribution is 2.60. The van der Waals surface area contributed by atoms with E-state index in [0.717, 1.165) is 25.7 Å². The molecule has 146 valence electrons. The van der Waals surface area contributed by atoms with Gasteiger partial charge in [-0.2, -0.15) is 5.26 Å². The Bertz CT molecular complexity index is 663. The number of rotatable bonds is 7. The standard InChI is InChI=1S/C20H25NO6/c1-12(2)19(24)26-10-17(22)25-11-18(23)27-20(3-4-21)15-6-13-5-14(8-15)9-16(20)7-13/h13-16H,1,3,5-11H2,2H3. The van der Waals surface area contributed by atoms with Crippen molar-refractivity contribution in [2.45, 2.75) is 51.0 Å². The fraction of sp³-hybridized carbons (Fsp3) is 0.700. The van der Waals surface area contributed by atoms with Crippen LogP contribution in [-0.4, -0.2) is 36.7 Å². The van der Waals surface area contributed by atoms with Gasteiger partial charge in [-0.05, 0) is 50.9 Å². The van der Waals surface area contributed by atoms with E-state index in [1.54, 1.807) is 0 Å². The van der Waals surface area contributed by atoms with Crippen molar-refractivity contribution in [3.63, 3.8) is 0 Å². The molecule has 7 heteroatoms. The van der Waals surface area contributed by atoms with E-state index in [-0.39, 0.29) is 23.8 Å². The lowest BCUT2D eigenvalue weighted by Gasteiger charge is -2.59. The van der Waals surface area contributed by atoms with Crippen LogP contribution in [0.1, 0.15) is 45.4 Å². The Labute approximate surface area is 158 Å². The topological polar surface area (TPSA) is 103 Å². The van der Waals surface area contributed by atoms with Gasteiger partial charge >= 0.3 is 17.9 Å². The number of esters is 3. The summed E-state index contributed by atoms with van der Waals surface area (Å²) < 4.78 is 15.3. The van der Waals surface area contributed by atoms with Crippen LogP contribution in [-0.2, 0) is 28.6 Å². The van der Waals surface area contributed by atoms with Crippen molar-refractivity contribution in [3.05, 3.63) is 12.2 Å². The van der Waals surface area contributed by atoms with Crippen molar-refractivity contribution in [3.8, 4) is 6.07 Å². The van der Waals surface area contributed by atoms with Gasteiger partial charge in [0.15, 0.2) is 13.2 Å². The van der Waals surface area contributed by atoms with E-state index in [1.807, 2.05) is 0 Å². The van der Waals surface area contributed by atoms with E-state index in [4.69, 9.17) is 9.47 Å². The predicted octanol–water partition coefficient (Wildman–Crippen LogP) is 2.30. The number of hydrogen-bond donors (Lipinski definition) is 0. The molecule has 0 aliphatic heterocycles. The predicted molar refractivity (Wildman–Crippen MR) is 92.8 cm³/mol. The summed E-state index contributed by atoms with van der Waals surface area (Å²) in [7, 11) is 0. The molecule has 0 aromatic rings. The van der Waals surface area contributed by atoms with Gasteiger partial charge in [0.1, 0.15) is 5.60 Å². The first-order valence-corrected chi connectivity index (χ1v) is 9.41. The molecule has 0 atom stereocenters. The van der Waals surface area contributed by atoms with Crippen LogP contribution >= 0.6 is 0 Å². The summed E-state index contributed by atoms with van der Waals surface area (Å²) in [6, 6.07) is 2.20. The van der Waals surface area contributed by atoms with Crippen LogP contribution in [0, 0.1) is 35.0 Å². The summed E-state index contributed by atoms with van der Waals surface area (Å²) in [5.74, 6) is -0.402. The lowest BCUT2D eigenvalue weighted by Crippen LogP contribution is -2.59. The van der Waals surface area contributed by atoms with E-state index in [0.29, 0.717) is 11.8 Å². The smallest absolute Gasteiger partial charge is 0.344 e. The number of carbonyl (C=O) groups is 3. The Morgan fingerprint density at radius 3 is 2.07 bits per heavy atom. The van der Waals surface area contributed by atoms with Gasteiger partial charge < -0.3 is 14.2 Å². The number of hydrogen-bond acceptors (Lipinski definition) is 7. The summed E-state index contributed by atoms with van der Waals surface area (Å²) in [6.07, 6.45) is 5.43. The van der Waals surface area contributed by atoms with Gasteiger partial charge in [0.05, 0.1) is 12.5 Å². The van der Waals surface area contributed by atoms with Crippen LogP contribution in [0.3, 0.4) is 0 Å². The second-order valence-electron chi connectivity index (χ2n) is 8.09. The average molecular weight is 375 g/mol. The number of nitrogens with zero attached hydrogens (tertiary/aromatic N) is 1. The highest BCUT2D eigenvalue weighted by atomic mass is 16.6. The zero-order valence-corrected chi connectivity index (χ0v) is 15.6. The minimum atomic E-state index is -0.832. The Kier molecular flexibility index (Phi) is 5.54. The van der Waals surface area contributed by atoms with Gasteiger partial charge in [0.2, 0.25) is 0 Å². The molecule has 0 saturated heterocycles. The molecule has 0 amide bonds. The van der Waals surface area contributed by atoms with Gasteiger partial charge in [0.25, 0.3) is 0 Å². The molecule has 4 aliphatic carbocycles. The third-order valence-electron chi connectivity index (χ3n) is 6.20. The van der Waals surface area contributed by atoms with Gasteiger partial charge in [0, 0.05) is 17.4 Å². The monoisotopic (exact) mass is 375 g/mol. The largest absolute Gasteiger partial charge is 0.455 e. The number of carbonyl (C=O) groups excluding carboxylic acids is 3. The molecule has 4 rings (SSSR count). The zero-order chi connectivity index (χ0) is 19.6. The Morgan fingerprint density at radius 2 is 1.56 bits per heavy atom. The van der Waals surface area contributed by atoms with Crippen LogP contribution < -0.4 is 0 Å². The Balaban J connectivity index is 1.54. The maximum absolute atomic E-state index is 12.3. The maximum atomic E-state index is 12.3. The molecule has 4 aliphatic rings. The van der Waals surface area contributed by atoms with Crippen molar-refractivity contribution in [2.24, 2.45) is 23.7 Å². The van der Waals surface area contributed by atoms with Gasteiger partial charge in [-0.3, -0.25) is 0 Å². The second kappa shape index (κ2) is 7.71. The number of nitriles is 1. The molecule has 0 heterocycles. The van der Waals surface area contributed by atoms with E-state index in [9.17, 15) is 19.6 Å². The molecule has 0 spiro atoms. The first-order valence-electron chi connectivity index (χ1n) is 9.41. The lowest BCUT2D eigenvalue weighted by molar-refractivity contribution is -0.212. The van der Waals surface area contributed by atoms with Crippen LogP contribution in [0.4, 0.5) is 0 Å². The van der Waals surface area contributed by atoms with Crippen LogP contribution in [0.2, 0.25) is 0 Å². The quantitative estimate of drug-likeness (QED) is 0.382. The molecule has 4 saturated carbocycles. The molecule has 0 aromatic heterocycles. The van der Waals surface area contributed by atoms with Gasteiger partial charge in [-0.25, -0.2) is 14.4 Å². The molecular formula is C20H25NO6. The first kappa shape index (κ1) is 19.4. The third kappa shape index (κ3) is 4.00. The van der Waals surface area contributed by atoms with Gasteiger partial charge in [-0.15, -0.1) is 0 Å². The molecule has 0 unspecified atom stereocenters. The molecule has 4 bridgehead atoms. The van der Waals surface area contributed by atoms with Crippen LogP contribution in [0.5, 0.6) is 0 Å². The molecule has 4 fully saturated rings. The van der Waals surface area contributed by atoms with E-state index >= 15 is 0 Å². The molecular weight excluding hydrogens is 350 g/mol. The van der Waals surface area contributed by atoms with Crippen LogP contribution in [0.15, 0.2) is 12.2 Å². The second-order valence-corrected chi connectivity index (χ2v) is 8.09. The summed E-state index contributed by atoms with van der Waals surface area (Å²) in [5, 5.41) is 9.33. The van der Waals surface area contributed by atoms with Gasteiger partial charge in [-0.1, -0.05) is 6.58 Å². The van der Waals surface area contributed by atoms with Crippen LogP contribution in [0.25, 0.3) is 0 Å². The third-order valence-corrected chi connectivity index (χ3v) is 6.20. The lowest BCUT2D eigenvalue weighted by atomic mass is 9.49. The fourth-order valence-electron chi connectivity index (χ4n) is 5.27. The summed E-state index contributed by atoms with van der Waals surface area (Å²) >= 11 is 0. The highest BCUT2D eigenvalue weighted by molar-refractivity contribution is 5.88. The van der Waals surface area contributed by atoms with Crippen molar-refractivity contribution in [1.29, 1.82) is 5.26 Å². The molecule has 27 heavy (non-hydrogen) atoms. The molecule has 0 radical (unpaired) electrons. The van der Waals surface area contributed by atoms with Crippen molar-refractivity contribution >= 4 is 17.9 Å². The SMILES string of the molecule is C=C(C)C(=O)OCC(=O)OCC(=O)OC1(CC#N)C2CC3CC(C2)CC1C3. The minimum Gasteiger partial charge on any atom is -0.455 e. The molecule has 0 N–H and O–H groups in total. The Morgan fingerprint density at radius 1 is 1.00 bits per heavy atom. The maximum Gasteiger partial charge on any atom is 0.344 e. The normalized spacial score (nSPS) is 33.0. The summed E-state index contributed by atoms with van der Waals surface area (Å²) in [5.41, 5.74) is -0.583. The molecule has 0 aromatic carbocycles. The van der Waals surface area contributed by atoms with E-state index < -0.39 is 36.7 Å². The first-order chi connectivity index (χ1) is 12.8. The average Bonchev–Trinajstić information content (AvgIpc) is 2.61. The number of ether oxygens (including phenoxy) is 3. The van der Waals surface area contributed by atoms with E-state index in [2.05, 4.69) is 17.4 Å². The minimum absolute atomic E-state index is 0.169. The molecule has 7 nitrogen and oxygen atoms in total. The summed E-state index contributed by atoms with van der Waals surface area (Å²) in [4.78, 5) is 35.2. The van der Waals surface area contributed by atoms with Crippen molar-refractivity contribution in [2.75, 3.05) is 13.2 Å². The van der Waals surface area contributed by atoms with Crippen molar-refractivity contribution < 1.29 is 28.6 Å². The summed E-state index contributed by atoms with van der Waals surface area (Å²) in [6.45, 7) is 3.73. The Hall–Kier alpha value is -2.36.